The van der Waals surface area contributed by atoms with Crippen molar-refractivity contribution in [3.05, 3.63) is 53.6 Å². The van der Waals surface area contributed by atoms with Gasteiger partial charge in [0.1, 0.15) is 11.5 Å². The Labute approximate surface area is 165 Å². The van der Waals surface area contributed by atoms with Gasteiger partial charge in [0, 0.05) is 29.7 Å². The number of amides is 2. The van der Waals surface area contributed by atoms with Crippen LogP contribution in [0.2, 0.25) is 0 Å². The highest BCUT2D eigenvalue weighted by molar-refractivity contribution is 5.96. The molecule has 2 unspecified atom stereocenters. The number of benzene rings is 2. The molecule has 2 atom stereocenters. The first-order chi connectivity index (χ1) is 13.5. The molecule has 1 heterocycles. The minimum absolute atomic E-state index is 0.0172. The summed E-state index contributed by atoms with van der Waals surface area (Å²) in [7, 11) is 3.19. The van der Waals surface area contributed by atoms with Crippen molar-refractivity contribution in [2.45, 2.75) is 32.2 Å². The molecule has 3 rings (SSSR count). The fourth-order valence-corrected chi connectivity index (χ4v) is 3.52. The van der Waals surface area contributed by atoms with Gasteiger partial charge in [-0.3, -0.25) is 9.59 Å². The van der Waals surface area contributed by atoms with E-state index in [1.54, 1.807) is 20.3 Å². The third-order valence-corrected chi connectivity index (χ3v) is 5.12. The normalized spacial score (nSPS) is 16.5. The van der Waals surface area contributed by atoms with E-state index in [1.807, 2.05) is 43.3 Å². The number of anilines is 1. The van der Waals surface area contributed by atoms with Gasteiger partial charge in [0.2, 0.25) is 11.8 Å². The summed E-state index contributed by atoms with van der Waals surface area (Å²) < 4.78 is 10.6. The highest BCUT2D eigenvalue weighted by Gasteiger charge is 2.26. The molecule has 0 aromatic heterocycles. The van der Waals surface area contributed by atoms with Gasteiger partial charge in [0.25, 0.3) is 0 Å². The second-order valence-electron chi connectivity index (χ2n) is 6.98. The van der Waals surface area contributed by atoms with Gasteiger partial charge in [0.05, 0.1) is 20.3 Å². The van der Waals surface area contributed by atoms with Crippen LogP contribution in [-0.2, 0) is 16.0 Å². The zero-order chi connectivity index (χ0) is 20.1. The average Bonchev–Trinajstić information content (AvgIpc) is 2.71. The van der Waals surface area contributed by atoms with Crippen LogP contribution in [0.25, 0.3) is 0 Å². The molecule has 0 saturated heterocycles. The van der Waals surface area contributed by atoms with Gasteiger partial charge in [-0.05, 0) is 43.5 Å². The summed E-state index contributed by atoms with van der Waals surface area (Å²) in [4.78, 5) is 24.7. The highest BCUT2D eigenvalue weighted by Crippen LogP contribution is 2.30. The van der Waals surface area contributed by atoms with E-state index < -0.39 is 0 Å². The lowest BCUT2D eigenvalue weighted by atomic mass is 9.89. The summed E-state index contributed by atoms with van der Waals surface area (Å²) in [5, 5.41) is 5.92. The zero-order valence-electron chi connectivity index (χ0n) is 16.5. The summed E-state index contributed by atoms with van der Waals surface area (Å²) in [6.45, 7) is 1.91. The lowest BCUT2D eigenvalue weighted by molar-refractivity contribution is -0.123. The molecular weight excluding hydrogens is 356 g/mol. The Balaban J connectivity index is 1.57. The van der Waals surface area contributed by atoms with E-state index >= 15 is 0 Å². The quantitative estimate of drug-likeness (QED) is 0.769. The third kappa shape index (κ3) is 4.44. The van der Waals surface area contributed by atoms with E-state index in [2.05, 4.69) is 10.6 Å². The predicted molar refractivity (Wildman–Crippen MR) is 108 cm³/mol. The lowest BCUT2D eigenvalue weighted by Crippen LogP contribution is -2.32. The van der Waals surface area contributed by atoms with E-state index in [0.29, 0.717) is 30.8 Å². The average molecular weight is 382 g/mol. The first-order valence-corrected chi connectivity index (χ1v) is 9.42. The van der Waals surface area contributed by atoms with E-state index in [1.165, 1.54) is 0 Å². The summed E-state index contributed by atoms with van der Waals surface area (Å²) >= 11 is 0. The second-order valence-corrected chi connectivity index (χ2v) is 6.98. The Morgan fingerprint density at radius 1 is 1.21 bits per heavy atom. The molecule has 28 heavy (non-hydrogen) atoms. The van der Waals surface area contributed by atoms with Crippen LogP contribution in [0.15, 0.2) is 42.5 Å². The SMILES string of the molecule is COc1ccc(C(C)NC(=O)CCC2Cc3ccccc3NC2=O)c(OC)c1. The topological polar surface area (TPSA) is 76.7 Å². The van der Waals surface area contributed by atoms with Gasteiger partial charge < -0.3 is 20.1 Å². The Bertz CT molecular complexity index is 865. The van der Waals surface area contributed by atoms with Gasteiger partial charge in [-0.1, -0.05) is 18.2 Å². The van der Waals surface area contributed by atoms with Crippen LogP contribution in [0.3, 0.4) is 0 Å². The van der Waals surface area contributed by atoms with Crippen molar-refractivity contribution < 1.29 is 19.1 Å². The minimum atomic E-state index is -0.214. The molecular formula is C22H26N2O4. The van der Waals surface area contributed by atoms with Crippen molar-refractivity contribution in [3.8, 4) is 11.5 Å². The molecule has 2 N–H and O–H groups in total. The first kappa shape index (κ1) is 19.7. The molecule has 2 aromatic carbocycles. The van der Waals surface area contributed by atoms with Crippen LogP contribution in [0.4, 0.5) is 5.69 Å². The largest absolute Gasteiger partial charge is 0.497 e. The van der Waals surface area contributed by atoms with Crippen LogP contribution >= 0.6 is 0 Å². The van der Waals surface area contributed by atoms with Gasteiger partial charge >= 0.3 is 0 Å². The first-order valence-electron chi connectivity index (χ1n) is 9.42. The molecule has 0 aliphatic carbocycles. The van der Waals surface area contributed by atoms with Gasteiger partial charge in [-0.25, -0.2) is 0 Å². The Morgan fingerprint density at radius 3 is 2.75 bits per heavy atom. The fraction of sp³-hybridized carbons (Fsp3) is 0.364. The van der Waals surface area contributed by atoms with E-state index in [0.717, 1.165) is 16.8 Å². The molecule has 0 radical (unpaired) electrons. The van der Waals surface area contributed by atoms with Crippen molar-refractivity contribution in [3.63, 3.8) is 0 Å². The molecule has 2 amide bonds. The maximum atomic E-state index is 12.4. The summed E-state index contributed by atoms with van der Waals surface area (Å²) in [5.41, 5.74) is 2.86. The van der Waals surface area contributed by atoms with Crippen LogP contribution in [0, 0.1) is 5.92 Å². The zero-order valence-corrected chi connectivity index (χ0v) is 16.5. The monoisotopic (exact) mass is 382 g/mol. The maximum absolute atomic E-state index is 12.4. The number of ether oxygens (including phenoxy) is 2. The number of rotatable bonds is 7. The summed E-state index contributed by atoms with van der Waals surface area (Å²) in [5.74, 6) is 1.07. The highest BCUT2D eigenvalue weighted by atomic mass is 16.5. The van der Waals surface area contributed by atoms with Crippen molar-refractivity contribution in [2.24, 2.45) is 5.92 Å². The molecule has 6 heteroatoms. The fourth-order valence-electron chi connectivity index (χ4n) is 3.52. The van der Waals surface area contributed by atoms with Crippen molar-refractivity contribution in [1.82, 2.24) is 5.32 Å². The molecule has 6 nitrogen and oxygen atoms in total. The van der Waals surface area contributed by atoms with Crippen LogP contribution in [0.1, 0.15) is 36.9 Å². The molecule has 148 valence electrons. The molecule has 0 fully saturated rings. The Hall–Kier alpha value is -3.02. The Morgan fingerprint density at radius 2 is 2.00 bits per heavy atom. The van der Waals surface area contributed by atoms with Crippen molar-refractivity contribution in [2.75, 3.05) is 19.5 Å². The van der Waals surface area contributed by atoms with Crippen LogP contribution in [-0.4, -0.2) is 26.0 Å². The number of methoxy groups -OCH3 is 2. The summed E-state index contributed by atoms with van der Waals surface area (Å²) in [6.07, 6.45) is 1.47. The molecule has 0 saturated carbocycles. The van der Waals surface area contributed by atoms with Crippen molar-refractivity contribution >= 4 is 17.5 Å². The number of carbonyl (C=O) groups excluding carboxylic acids is 2. The van der Waals surface area contributed by atoms with Gasteiger partial charge in [-0.15, -0.1) is 0 Å². The molecule has 1 aliphatic heterocycles. The summed E-state index contributed by atoms with van der Waals surface area (Å²) in [6, 6.07) is 13.1. The number of fused-ring (bicyclic) bond motifs is 1. The van der Waals surface area contributed by atoms with Crippen LogP contribution < -0.4 is 20.1 Å². The smallest absolute Gasteiger partial charge is 0.227 e. The van der Waals surface area contributed by atoms with E-state index in [9.17, 15) is 9.59 Å². The molecule has 1 aliphatic rings. The molecule has 0 spiro atoms. The second kappa shape index (κ2) is 8.78. The maximum Gasteiger partial charge on any atom is 0.227 e. The number of para-hydroxylation sites is 1. The minimum Gasteiger partial charge on any atom is -0.497 e. The molecule has 2 aromatic rings. The molecule has 0 bridgehead atoms. The number of carbonyl (C=O) groups is 2. The predicted octanol–water partition coefficient (Wildman–Crippen LogP) is 3.47. The van der Waals surface area contributed by atoms with Gasteiger partial charge in [-0.2, -0.15) is 0 Å². The van der Waals surface area contributed by atoms with Gasteiger partial charge in [0.15, 0.2) is 0 Å². The standard InChI is InChI=1S/C22H26N2O4/c1-14(18-10-9-17(27-2)13-20(18)28-3)23-21(25)11-8-16-12-15-6-4-5-7-19(15)24-22(16)26/h4-7,9-10,13-14,16H,8,11-12H2,1-3H3,(H,23,25)(H,24,26). The third-order valence-electron chi connectivity index (χ3n) is 5.12. The Kier molecular flexibility index (Phi) is 6.19. The number of hydrogen-bond acceptors (Lipinski definition) is 4. The van der Waals surface area contributed by atoms with Crippen LogP contribution in [0.5, 0.6) is 11.5 Å². The van der Waals surface area contributed by atoms with E-state index in [4.69, 9.17) is 9.47 Å². The number of nitrogens with one attached hydrogen (secondary N) is 2. The van der Waals surface area contributed by atoms with Crippen molar-refractivity contribution in [1.29, 1.82) is 0 Å². The lowest BCUT2D eigenvalue weighted by Gasteiger charge is -2.24. The number of hydrogen-bond donors (Lipinski definition) is 2. The van der Waals surface area contributed by atoms with E-state index in [-0.39, 0.29) is 23.8 Å².